The van der Waals surface area contributed by atoms with Gasteiger partial charge < -0.3 is 10.1 Å². The van der Waals surface area contributed by atoms with E-state index >= 15 is 0 Å². The molecule has 1 N–H and O–H groups in total. The van der Waals surface area contributed by atoms with Crippen molar-refractivity contribution in [3.8, 4) is 0 Å². The molecule has 3 rings (SSSR count). The van der Waals surface area contributed by atoms with Crippen molar-refractivity contribution in [3.63, 3.8) is 0 Å². The molecule has 1 aromatic carbocycles. The largest absolute Gasteiger partial charge is 0.379 e. The van der Waals surface area contributed by atoms with E-state index in [9.17, 15) is 0 Å². The molecule has 0 bridgehead atoms. The molecular weight excluding hydrogens is 336 g/mol. The average Bonchev–Trinajstić information content (AvgIpc) is 2.86. The van der Waals surface area contributed by atoms with Gasteiger partial charge in [-0.25, -0.2) is 0 Å². The Morgan fingerprint density at radius 2 is 1.96 bits per heavy atom. The van der Waals surface area contributed by atoms with Crippen LogP contribution in [0.4, 0.5) is 0 Å². The van der Waals surface area contributed by atoms with Crippen molar-refractivity contribution >= 4 is 11.6 Å². The van der Waals surface area contributed by atoms with Gasteiger partial charge in [0.25, 0.3) is 0 Å². The summed E-state index contributed by atoms with van der Waals surface area (Å²) >= 11 is 6.49. The summed E-state index contributed by atoms with van der Waals surface area (Å²) in [6.07, 6.45) is 0. The summed E-state index contributed by atoms with van der Waals surface area (Å²) in [5.41, 5.74) is 4.76. The van der Waals surface area contributed by atoms with E-state index in [1.54, 1.807) is 0 Å². The Kier molecular flexibility index (Phi) is 6.12. The van der Waals surface area contributed by atoms with Gasteiger partial charge in [0.1, 0.15) is 0 Å². The molecular formula is C19H27ClN4O. The summed E-state index contributed by atoms with van der Waals surface area (Å²) in [6.45, 7) is 9.27. The normalized spacial score (nSPS) is 17.0. The van der Waals surface area contributed by atoms with Gasteiger partial charge in [0, 0.05) is 55.5 Å². The van der Waals surface area contributed by atoms with E-state index in [1.165, 1.54) is 16.8 Å². The maximum absolute atomic E-state index is 6.49. The summed E-state index contributed by atoms with van der Waals surface area (Å²) in [4.78, 5) is 2.46. The minimum Gasteiger partial charge on any atom is -0.379 e. The highest BCUT2D eigenvalue weighted by molar-refractivity contribution is 6.31. The van der Waals surface area contributed by atoms with Gasteiger partial charge in [0.05, 0.1) is 18.9 Å². The molecule has 1 aliphatic rings. The number of nitrogens with one attached hydrogen (secondary N) is 1. The van der Waals surface area contributed by atoms with Gasteiger partial charge in [-0.3, -0.25) is 9.58 Å². The highest BCUT2D eigenvalue weighted by Gasteiger charge is 2.24. The van der Waals surface area contributed by atoms with Crippen molar-refractivity contribution in [2.75, 3.05) is 32.8 Å². The van der Waals surface area contributed by atoms with Crippen molar-refractivity contribution in [2.24, 2.45) is 7.05 Å². The highest BCUT2D eigenvalue weighted by Crippen LogP contribution is 2.28. The number of aryl methyl sites for hydroxylation is 2. The van der Waals surface area contributed by atoms with Gasteiger partial charge in [-0.1, -0.05) is 29.8 Å². The zero-order chi connectivity index (χ0) is 17.8. The topological polar surface area (TPSA) is 42.3 Å². The van der Waals surface area contributed by atoms with Crippen LogP contribution in [0, 0.1) is 13.8 Å². The lowest BCUT2D eigenvalue weighted by molar-refractivity contribution is 0.0161. The molecule has 0 amide bonds. The van der Waals surface area contributed by atoms with E-state index in [2.05, 4.69) is 41.3 Å². The molecule has 1 aliphatic heterocycles. The molecule has 2 heterocycles. The molecule has 0 radical (unpaired) electrons. The minimum atomic E-state index is 0.245. The first kappa shape index (κ1) is 18.4. The Hall–Kier alpha value is -1.40. The van der Waals surface area contributed by atoms with Gasteiger partial charge in [-0.15, -0.1) is 0 Å². The lowest BCUT2D eigenvalue weighted by Gasteiger charge is -2.35. The number of nitrogens with zero attached hydrogens (tertiary/aromatic N) is 3. The molecule has 1 saturated heterocycles. The second-order valence-electron chi connectivity index (χ2n) is 6.59. The van der Waals surface area contributed by atoms with Crippen molar-refractivity contribution < 1.29 is 4.74 Å². The predicted octanol–water partition coefficient (Wildman–Crippen LogP) is 2.85. The first-order valence-corrected chi connectivity index (χ1v) is 9.21. The number of aromatic nitrogens is 2. The molecule has 136 valence electrons. The van der Waals surface area contributed by atoms with Crippen LogP contribution in [0.3, 0.4) is 0 Å². The summed E-state index contributed by atoms with van der Waals surface area (Å²) in [6, 6.07) is 8.39. The van der Waals surface area contributed by atoms with E-state index in [4.69, 9.17) is 16.3 Å². The third kappa shape index (κ3) is 4.23. The minimum absolute atomic E-state index is 0.245. The van der Waals surface area contributed by atoms with E-state index in [1.807, 2.05) is 23.9 Å². The molecule has 1 fully saturated rings. The second kappa shape index (κ2) is 8.32. The third-order valence-corrected chi connectivity index (χ3v) is 5.39. The van der Waals surface area contributed by atoms with Crippen LogP contribution >= 0.6 is 11.6 Å². The third-order valence-electron chi connectivity index (χ3n) is 5.05. The zero-order valence-electron chi connectivity index (χ0n) is 15.3. The Labute approximate surface area is 154 Å². The van der Waals surface area contributed by atoms with Gasteiger partial charge in [0.15, 0.2) is 0 Å². The monoisotopic (exact) mass is 362 g/mol. The van der Waals surface area contributed by atoms with Crippen molar-refractivity contribution in [2.45, 2.75) is 26.4 Å². The molecule has 6 heteroatoms. The second-order valence-corrected chi connectivity index (χ2v) is 7.00. The lowest BCUT2D eigenvalue weighted by atomic mass is 10.0. The van der Waals surface area contributed by atoms with E-state index in [-0.39, 0.29) is 6.04 Å². The predicted molar refractivity (Wildman–Crippen MR) is 101 cm³/mol. The first-order chi connectivity index (χ1) is 12.1. The number of hydrogen-bond donors (Lipinski definition) is 1. The molecule has 0 saturated carbocycles. The van der Waals surface area contributed by atoms with Crippen LogP contribution in [-0.4, -0.2) is 47.5 Å². The van der Waals surface area contributed by atoms with Crippen LogP contribution in [-0.2, 0) is 18.3 Å². The van der Waals surface area contributed by atoms with Crippen molar-refractivity contribution in [1.29, 1.82) is 0 Å². The Morgan fingerprint density at radius 3 is 2.60 bits per heavy atom. The fourth-order valence-corrected chi connectivity index (χ4v) is 3.74. The van der Waals surface area contributed by atoms with Gasteiger partial charge in [0.2, 0.25) is 0 Å². The maximum atomic E-state index is 6.49. The van der Waals surface area contributed by atoms with Gasteiger partial charge in [-0.05, 0) is 25.5 Å². The standard InChI is InChI=1S/C19H27ClN4O/c1-14-17(15(2)23(3)22-14)12-21-13-19(24-8-10-25-11-9-24)16-6-4-5-7-18(16)20/h4-7,19,21H,8-13H2,1-3H3. The van der Waals surface area contributed by atoms with Crippen molar-refractivity contribution in [1.82, 2.24) is 20.0 Å². The molecule has 0 aliphatic carbocycles. The number of ether oxygens (including phenoxy) is 1. The summed E-state index contributed by atoms with van der Waals surface area (Å²) < 4.78 is 7.46. The molecule has 1 aromatic heterocycles. The Bertz CT molecular complexity index is 709. The quantitative estimate of drug-likeness (QED) is 0.858. The molecule has 0 spiro atoms. The molecule has 1 unspecified atom stereocenters. The van der Waals surface area contributed by atoms with E-state index in [0.29, 0.717) is 0 Å². The van der Waals surface area contributed by atoms with Crippen LogP contribution in [0.25, 0.3) is 0 Å². The molecule has 5 nitrogen and oxygen atoms in total. The first-order valence-electron chi connectivity index (χ1n) is 8.84. The number of hydrogen-bond acceptors (Lipinski definition) is 4. The van der Waals surface area contributed by atoms with E-state index in [0.717, 1.165) is 50.1 Å². The van der Waals surface area contributed by atoms with Crippen LogP contribution in [0.15, 0.2) is 24.3 Å². The fourth-order valence-electron chi connectivity index (χ4n) is 3.48. The SMILES string of the molecule is Cc1nn(C)c(C)c1CNCC(c1ccccc1Cl)N1CCOCC1. The lowest BCUT2D eigenvalue weighted by Crippen LogP contribution is -2.42. The van der Waals surface area contributed by atoms with Crippen molar-refractivity contribution in [3.05, 3.63) is 51.8 Å². The Morgan fingerprint density at radius 1 is 1.24 bits per heavy atom. The number of halogens is 1. The van der Waals surface area contributed by atoms with Crippen LogP contribution in [0.1, 0.15) is 28.6 Å². The number of rotatable bonds is 6. The van der Waals surface area contributed by atoms with E-state index < -0.39 is 0 Å². The highest BCUT2D eigenvalue weighted by atomic mass is 35.5. The molecule has 25 heavy (non-hydrogen) atoms. The van der Waals surface area contributed by atoms with Crippen LogP contribution < -0.4 is 5.32 Å². The van der Waals surface area contributed by atoms with Gasteiger partial charge in [-0.2, -0.15) is 5.10 Å². The Balaban J connectivity index is 1.72. The number of benzene rings is 1. The smallest absolute Gasteiger partial charge is 0.0641 e. The maximum Gasteiger partial charge on any atom is 0.0641 e. The van der Waals surface area contributed by atoms with Gasteiger partial charge >= 0.3 is 0 Å². The average molecular weight is 363 g/mol. The van der Waals surface area contributed by atoms with Crippen LogP contribution in [0.2, 0.25) is 5.02 Å². The zero-order valence-corrected chi connectivity index (χ0v) is 16.0. The fraction of sp³-hybridized carbons (Fsp3) is 0.526. The summed E-state index contributed by atoms with van der Waals surface area (Å²) in [5, 5.41) is 8.95. The molecule has 1 atom stereocenters. The summed E-state index contributed by atoms with van der Waals surface area (Å²) in [7, 11) is 1.99. The molecule has 2 aromatic rings. The van der Waals surface area contributed by atoms with Crippen LogP contribution in [0.5, 0.6) is 0 Å². The summed E-state index contributed by atoms with van der Waals surface area (Å²) in [5.74, 6) is 0. The number of morpholine rings is 1.